The Morgan fingerprint density at radius 1 is 1.27 bits per heavy atom. The van der Waals surface area contributed by atoms with Crippen LogP contribution in [0.25, 0.3) is 27.8 Å². The van der Waals surface area contributed by atoms with E-state index in [-0.39, 0.29) is 5.69 Å². The highest BCUT2D eigenvalue weighted by atomic mass is 19.3. The molecule has 26 heavy (non-hydrogen) atoms. The summed E-state index contributed by atoms with van der Waals surface area (Å²) in [5.74, 6) is -1.12. The minimum absolute atomic E-state index is 0.131. The lowest BCUT2D eigenvalue weighted by Crippen LogP contribution is -2.29. The molecule has 0 aliphatic rings. The number of H-pyrrole nitrogens is 1. The zero-order chi connectivity index (χ0) is 18.3. The van der Waals surface area contributed by atoms with E-state index in [1.54, 1.807) is 24.5 Å². The molecule has 0 saturated carbocycles. The molecule has 4 heterocycles. The van der Waals surface area contributed by atoms with Gasteiger partial charge in [0.1, 0.15) is 22.8 Å². The maximum absolute atomic E-state index is 13.5. The van der Waals surface area contributed by atoms with Crippen LogP contribution in [0.1, 0.15) is 10.5 Å². The lowest BCUT2D eigenvalue weighted by molar-refractivity contribution is 0.0886. The fourth-order valence-electron chi connectivity index (χ4n) is 2.79. The summed E-state index contributed by atoms with van der Waals surface area (Å²) >= 11 is 0. The Labute approximate surface area is 144 Å². The number of fused-ring (bicyclic) bond motifs is 2. The Hall–Kier alpha value is -3.36. The van der Waals surface area contributed by atoms with E-state index in [2.05, 4.69) is 20.3 Å². The van der Waals surface area contributed by atoms with Crippen molar-refractivity contribution in [2.75, 3.05) is 6.54 Å². The molecular formula is C17H12F3N5O. The van der Waals surface area contributed by atoms with E-state index >= 15 is 0 Å². The summed E-state index contributed by atoms with van der Waals surface area (Å²) in [7, 11) is 0. The van der Waals surface area contributed by atoms with Crippen LogP contribution in [-0.4, -0.2) is 38.2 Å². The number of halogens is 3. The zero-order valence-corrected chi connectivity index (χ0v) is 13.2. The monoisotopic (exact) mass is 359 g/mol. The van der Waals surface area contributed by atoms with E-state index in [0.29, 0.717) is 27.8 Å². The first-order chi connectivity index (χ1) is 12.5. The molecule has 4 aromatic rings. The van der Waals surface area contributed by atoms with Gasteiger partial charge in [0, 0.05) is 28.9 Å². The fourth-order valence-corrected chi connectivity index (χ4v) is 2.79. The number of rotatable bonds is 4. The lowest BCUT2D eigenvalue weighted by atomic mass is 10.1. The minimum atomic E-state index is -2.64. The van der Waals surface area contributed by atoms with E-state index in [1.165, 1.54) is 16.7 Å². The Kier molecular flexibility index (Phi) is 3.83. The standard InChI is InChI=1S/C17H12F3N5O/c18-10-3-11-12(5-23-16(11)22-4-10)9-1-2-15-21-6-13(25(15)8-9)17(26)24-7-14(19)20/h1-6,8,14H,7H2,(H,22,23)(H,24,26). The van der Waals surface area contributed by atoms with Crippen LogP contribution < -0.4 is 5.32 Å². The summed E-state index contributed by atoms with van der Waals surface area (Å²) in [5.41, 5.74) is 2.53. The number of pyridine rings is 2. The summed E-state index contributed by atoms with van der Waals surface area (Å²) in [6.07, 6.45) is 3.13. The summed E-state index contributed by atoms with van der Waals surface area (Å²) < 4.78 is 39.6. The molecule has 0 fully saturated rings. The van der Waals surface area contributed by atoms with Crippen LogP contribution in [0.5, 0.6) is 0 Å². The molecule has 4 aromatic heterocycles. The van der Waals surface area contributed by atoms with Gasteiger partial charge in [-0.05, 0) is 18.2 Å². The van der Waals surface area contributed by atoms with Gasteiger partial charge in [-0.1, -0.05) is 0 Å². The summed E-state index contributed by atoms with van der Waals surface area (Å²) in [6, 6.07) is 4.82. The van der Waals surface area contributed by atoms with Crippen LogP contribution in [0.15, 0.2) is 43.0 Å². The summed E-state index contributed by atoms with van der Waals surface area (Å²) in [6.45, 7) is -0.737. The molecule has 0 atom stereocenters. The average Bonchev–Trinajstić information content (AvgIpc) is 3.22. The molecule has 0 aromatic carbocycles. The molecule has 1 amide bonds. The molecule has 0 aliphatic carbocycles. The number of hydrogen-bond acceptors (Lipinski definition) is 3. The van der Waals surface area contributed by atoms with Gasteiger partial charge in [0.15, 0.2) is 0 Å². The highest BCUT2D eigenvalue weighted by Crippen LogP contribution is 2.28. The van der Waals surface area contributed by atoms with Crippen molar-refractivity contribution in [3.63, 3.8) is 0 Å². The molecule has 0 aliphatic heterocycles. The van der Waals surface area contributed by atoms with Crippen molar-refractivity contribution in [2.45, 2.75) is 6.43 Å². The number of hydrogen-bond donors (Lipinski definition) is 2. The third kappa shape index (κ3) is 2.77. The minimum Gasteiger partial charge on any atom is -0.346 e. The number of nitrogens with zero attached hydrogens (tertiary/aromatic N) is 3. The predicted molar refractivity (Wildman–Crippen MR) is 88.6 cm³/mol. The van der Waals surface area contributed by atoms with Gasteiger partial charge in [-0.15, -0.1) is 0 Å². The average molecular weight is 359 g/mol. The summed E-state index contributed by atoms with van der Waals surface area (Å²) in [4.78, 5) is 23.1. The van der Waals surface area contributed by atoms with Crippen molar-refractivity contribution >= 4 is 22.6 Å². The molecule has 0 spiro atoms. The molecule has 132 valence electrons. The highest BCUT2D eigenvalue weighted by Gasteiger charge is 2.15. The van der Waals surface area contributed by atoms with Gasteiger partial charge < -0.3 is 10.3 Å². The Morgan fingerprint density at radius 2 is 2.12 bits per heavy atom. The Balaban J connectivity index is 1.78. The van der Waals surface area contributed by atoms with E-state index in [1.807, 2.05) is 0 Å². The van der Waals surface area contributed by atoms with E-state index in [9.17, 15) is 18.0 Å². The van der Waals surface area contributed by atoms with Crippen LogP contribution >= 0.6 is 0 Å². The van der Waals surface area contributed by atoms with Gasteiger partial charge in [-0.3, -0.25) is 9.20 Å². The van der Waals surface area contributed by atoms with Crippen LogP contribution in [0.2, 0.25) is 0 Å². The number of amides is 1. The normalized spacial score (nSPS) is 11.5. The first-order valence-corrected chi connectivity index (χ1v) is 7.69. The van der Waals surface area contributed by atoms with Gasteiger partial charge in [-0.25, -0.2) is 23.1 Å². The fraction of sp³-hybridized carbons (Fsp3) is 0.118. The van der Waals surface area contributed by atoms with Gasteiger partial charge >= 0.3 is 0 Å². The Bertz CT molecular complexity index is 1120. The molecular weight excluding hydrogens is 347 g/mol. The van der Waals surface area contributed by atoms with Gasteiger partial charge in [0.05, 0.1) is 18.9 Å². The number of alkyl halides is 2. The SMILES string of the molecule is O=C(NCC(F)F)c1cnc2ccc(-c3c[nH]c4ncc(F)cc34)cn12. The van der Waals surface area contributed by atoms with Gasteiger partial charge in [0.25, 0.3) is 12.3 Å². The van der Waals surface area contributed by atoms with Crippen molar-refractivity contribution in [3.8, 4) is 11.1 Å². The van der Waals surface area contributed by atoms with Crippen LogP contribution in [0.3, 0.4) is 0 Å². The van der Waals surface area contributed by atoms with E-state index in [0.717, 1.165) is 6.20 Å². The molecule has 0 saturated heterocycles. The van der Waals surface area contributed by atoms with Gasteiger partial charge in [-0.2, -0.15) is 0 Å². The van der Waals surface area contributed by atoms with Crippen molar-refractivity contribution in [3.05, 3.63) is 54.5 Å². The van der Waals surface area contributed by atoms with Crippen molar-refractivity contribution in [1.82, 2.24) is 24.7 Å². The molecule has 2 N–H and O–H groups in total. The van der Waals surface area contributed by atoms with Crippen LogP contribution in [-0.2, 0) is 0 Å². The molecule has 4 rings (SSSR count). The number of carbonyl (C=O) groups excluding carboxylic acids is 1. The maximum atomic E-state index is 13.5. The van der Waals surface area contributed by atoms with E-state index in [4.69, 9.17) is 0 Å². The zero-order valence-electron chi connectivity index (χ0n) is 13.2. The number of aromatic nitrogens is 4. The molecule has 0 unspecified atom stereocenters. The number of carbonyl (C=O) groups is 1. The second-order valence-electron chi connectivity index (χ2n) is 5.64. The van der Waals surface area contributed by atoms with Crippen molar-refractivity contribution < 1.29 is 18.0 Å². The molecule has 6 nitrogen and oxygen atoms in total. The van der Waals surface area contributed by atoms with Crippen molar-refractivity contribution in [2.24, 2.45) is 0 Å². The number of imidazole rings is 1. The quantitative estimate of drug-likeness (QED) is 0.588. The molecule has 0 bridgehead atoms. The van der Waals surface area contributed by atoms with Crippen LogP contribution in [0.4, 0.5) is 13.2 Å². The number of aromatic amines is 1. The third-order valence-corrected chi connectivity index (χ3v) is 3.96. The maximum Gasteiger partial charge on any atom is 0.270 e. The molecule has 0 radical (unpaired) electrons. The third-order valence-electron chi connectivity index (χ3n) is 3.96. The van der Waals surface area contributed by atoms with E-state index < -0.39 is 24.7 Å². The summed E-state index contributed by atoms with van der Waals surface area (Å²) in [5, 5.41) is 2.74. The molecule has 9 heteroatoms. The predicted octanol–water partition coefficient (Wildman–Crippen LogP) is 3.01. The van der Waals surface area contributed by atoms with Gasteiger partial charge in [0.2, 0.25) is 0 Å². The smallest absolute Gasteiger partial charge is 0.270 e. The van der Waals surface area contributed by atoms with Crippen molar-refractivity contribution in [1.29, 1.82) is 0 Å². The second-order valence-corrected chi connectivity index (χ2v) is 5.64. The topological polar surface area (TPSA) is 75.1 Å². The number of nitrogens with one attached hydrogen (secondary N) is 2. The lowest BCUT2D eigenvalue weighted by Gasteiger charge is -2.06. The van der Waals surface area contributed by atoms with Crippen LogP contribution in [0, 0.1) is 5.82 Å². The largest absolute Gasteiger partial charge is 0.346 e. The first kappa shape index (κ1) is 16.1. The first-order valence-electron chi connectivity index (χ1n) is 7.69. The second kappa shape index (κ2) is 6.17. The highest BCUT2D eigenvalue weighted by molar-refractivity contribution is 5.95. The Morgan fingerprint density at radius 3 is 2.92 bits per heavy atom.